The monoisotopic (exact) mass is 918 g/mol. The van der Waals surface area contributed by atoms with Gasteiger partial charge >= 0.3 is 0 Å². The van der Waals surface area contributed by atoms with Crippen molar-refractivity contribution in [1.82, 2.24) is 39.4 Å². The van der Waals surface area contributed by atoms with Crippen molar-refractivity contribution in [2.75, 3.05) is 63.2 Å². The molecular formula is C49H62N10O8. The molecule has 8 rings (SSSR count). The Morgan fingerprint density at radius 2 is 1.64 bits per heavy atom. The first kappa shape index (κ1) is 49.7. The zero-order valence-electron chi connectivity index (χ0n) is 39.1. The number of nitrogens with zero attached hydrogens (tertiary/aromatic N) is 8. The molecule has 0 radical (unpaired) electrons. The second kappa shape index (κ2) is 22.6. The number of carbonyl (C=O) groups is 4. The largest absolute Gasteiger partial charge is 0.399 e. The number of nitrogens with two attached hydrogens (primary N) is 1. The van der Waals surface area contributed by atoms with E-state index in [1.807, 2.05) is 48.2 Å². The van der Waals surface area contributed by atoms with Crippen LogP contribution in [0.25, 0.3) is 16.9 Å². The van der Waals surface area contributed by atoms with Gasteiger partial charge in [-0.3, -0.25) is 29.3 Å². The van der Waals surface area contributed by atoms with E-state index in [0.29, 0.717) is 79.7 Å². The Morgan fingerprint density at radius 1 is 0.940 bits per heavy atom. The molecule has 3 aliphatic heterocycles. The second-order valence-electron chi connectivity index (χ2n) is 17.0. The maximum absolute atomic E-state index is 12.6. The van der Waals surface area contributed by atoms with E-state index in [1.54, 1.807) is 60.7 Å². The molecule has 3 aromatic heterocycles. The molecule has 1 atom stereocenters. The number of nitrogens with one attached hydrogen (secondary N) is 1. The summed E-state index contributed by atoms with van der Waals surface area (Å²) in [5.74, 6) is 0.485. The van der Waals surface area contributed by atoms with E-state index in [4.69, 9.17) is 15.2 Å². The first-order chi connectivity index (χ1) is 32.1. The number of fused-ring (bicyclic) bond motifs is 2. The molecule has 0 saturated carbocycles. The number of rotatable bonds is 14. The standard InChI is InChI=1S/C18H29N3O3.C17H19N5O2.C14H14N2O3/c1-2-12-23-14-15-24-13-7-18(22)21-10-8-20(9-11-21)17-5-3-16(19)4-6-17;1-5-9-21-16(23)12-10-18-11(2)19-15(12)22(21)14-8-6-7-13(20-14)17(3,4)24;1-8-3-2-4-9-10(8)7-16(14(9)19)11-5-6-12(17)15-13(11)18/h3-6H,2,7-15,19H2,1H3;5-8,10,24H,1,9H2,2-4H3;2-4,11H,5-7H2,1H3,(H,15,17,18). The molecule has 18 nitrogen and oxygen atoms in total. The third kappa shape index (κ3) is 12.4. The summed E-state index contributed by atoms with van der Waals surface area (Å²) < 4.78 is 13.9. The fraction of sp³-hybridized carbons (Fsp3) is 0.429. The highest BCUT2D eigenvalue weighted by molar-refractivity contribution is 6.05. The second-order valence-corrected chi connectivity index (χ2v) is 17.0. The van der Waals surface area contributed by atoms with Crippen LogP contribution in [0.5, 0.6) is 0 Å². The summed E-state index contributed by atoms with van der Waals surface area (Å²) in [6.07, 6.45) is 5.31. The number of carbonyl (C=O) groups excluding carboxylic acids is 4. The maximum Gasteiger partial charge on any atom is 0.278 e. The van der Waals surface area contributed by atoms with Crippen LogP contribution in [-0.4, -0.2) is 121 Å². The highest BCUT2D eigenvalue weighted by Gasteiger charge is 2.39. The summed E-state index contributed by atoms with van der Waals surface area (Å²) >= 11 is 0. The summed E-state index contributed by atoms with van der Waals surface area (Å²) in [5, 5.41) is 12.9. The van der Waals surface area contributed by atoms with Crippen molar-refractivity contribution >= 4 is 46.0 Å². The lowest BCUT2D eigenvalue weighted by molar-refractivity contribution is -0.137. The van der Waals surface area contributed by atoms with Gasteiger partial charge in [-0.15, -0.1) is 6.58 Å². The maximum atomic E-state index is 12.6. The molecule has 2 saturated heterocycles. The van der Waals surface area contributed by atoms with Gasteiger partial charge in [0.15, 0.2) is 11.5 Å². The van der Waals surface area contributed by atoms with E-state index >= 15 is 0 Å². The first-order valence-electron chi connectivity index (χ1n) is 22.6. The van der Waals surface area contributed by atoms with Crippen LogP contribution >= 0.6 is 0 Å². The SMILES string of the molecule is C=CCn1c(=O)c2cnc(C)nc2n1-c1cccc(C(C)(C)O)n1.CCCOCCOCCC(=O)N1CCN(c2ccc(N)cc2)CC1.Cc1cccc2c1CN(C1CCC(=O)NC1=O)C2=O. The highest BCUT2D eigenvalue weighted by atomic mass is 16.5. The van der Waals surface area contributed by atoms with Crippen LogP contribution in [0.15, 0.2) is 84.3 Å². The lowest BCUT2D eigenvalue weighted by atomic mass is 10.0. The lowest BCUT2D eigenvalue weighted by Crippen LogP contribution is -2.52. The number of nitrogen functional groups attached to an aromatic ring is 1. The van der Waals surface area contributed by atoms with E-state index in [0.717, 1.165) is 61.7 Å². The number of benzene rings is 2. The normalized spacial score (nSPS) is 15.9. The van der Waals surface area contributed by atoms with Gasteiger partial charge in [0.2, 0.25) is 17.7 Å². The molecule has 67 heavy (non-hydrogen) atoms. The number of anilines is 2. The van der Waals surface area contributed by atoms with E-state index in [9.17, 15) is 29.1 Å². The third-order valence-corrected chi connectivity index (χ3v) is 11.6. The van der Waals surface area contributed by atoms with Crippen LogP contribution in [0.3, 0.4) is 0 Å². The minimum Gasteiger partial charge on any atom is -0.399 e. The molecule has 0 spiro atoms. The van der Waals surface area contributed by atoms with Gasteiger partial charge in [-0.2, -0.15) is 0 Å². The topological polar surface area (TPSA) is 220 Å². The Bertz CT molecular complexity index is 2610. The zero-order chi connectivity index (χ0) is 48.3. The van der Waals surface area contributed by atoms with Crippen LogP contribution in [0, 0.1) is 13.8 Å². The zero-order valence-corrected chi connectivity index (χ0v) is 39.1. The molecule has 6 heterocycles. The molecule has 1 unspecified atom stereocenters. The van der Waals surface area contributed by atoms with E-state index in [1.165, 1.54) is 10.9 Å². The van der Waals surface area contributed by atoms with Gasteiger partial charge in [-0.25, -0.2) is 24.3 Å². The van der Waals surface area contributed by atoms with Crippen molar-refractivity contribution in [1.29, 1.82) is 0 Å². The molecule has 4 N–H and O–H groups in total. The summed E-state index contributed by atoms with van der Waals surface area (Å²) in [6, 6.07) is 18.2. The van der Waals surface area contributed by atoms with Gasteiger partial charge in [0.25, 0.3) is 11.5 Å². The molecule has 2 fully saturated rings. The van der Waals surface area contributed by atoms with Crippen LogP contribution in [-0.2, 0) is 42.5 Å². The Kier molecular flexibility index (Phi) is 16.8. The molecule has 356 valence electrons. The van der Waals surface area contributed by atoms with Gasteiger partial charge in [0, 0.05) is 68.9 Å². The van der Waals surface area contributed by atoms with E-state index < -0.39 is 11.6 Å². The number of imide groups is 1. The van der Waals surface area contributed by atoms with Crippen molar-refractivity contribution in [2.24, 2.45) is 0 Å². The number of aromatic nitrogens is 5. The Balaban J connectivity index is 0.000000167. The Labute approximate surface area is 390 Å². The molecule has 3 aliphatic rings. The smallest absolute Gasteiger partial charge is 0.278 e. The number of amides is 4. The van der Waals surface area contributed by atoms with Crippen molar-refractivity contribution in [2.45, 2.75) is 85.0 Å². The number of ether oxygens (including phenoxy) is 2. The first-order valence-corrected chi connectivity index (χ1v) is 22.6. The Hall–Kier alpha value is -6.76. The quantitative estimate of drug-likeness (QED) is 0.0616. The minimum atomic E-state index is -1.09. The number of aliphatic hydroxyl groups is 1. The van der Waals surface area contributed by atoms with Crippen LogP contribution < -0.4 is 21.5 Å². The molecule has 2 aromatic carbocycles. The van der Waals surface area contributed by atoms with Crippen molar-refractivity contribution in [3.8, 4) is 5.82 Å². The predicted octanol–water partition coefficient (Wildman–Crippen LogP) is 4.21. The van der Waals surface area contributed by atoms with Crippen LogP contribution in [0.2, 0.25) is 0 Å². The van der Waals surface area contributed by atoms with Gasteiger partial charge in [0.05, 0.1) is 38.5 Å². The number of allylic oxidation sites excluding steroid dienone is 1. The fourth-order valence-corrected chi connectivity index (χ4v) is 7.94. The van der Waals surface area contributed by atoms with Crippen molar-refractivity contribution in [3.63, 3.8) is 0 Å². The van der Waals surface area contributed by atoms with Gasteiger partial charge in [0.1, 0.15) is 22.9 Å². The van der Waals surface area contributed by atoms with Gasteiger partial charge < -0.3 is 35.0 Å². The Morgan fingerprint density at radius 3 is 2.30 bits per heavy atom. The number of hydrogen-bond donors (Lipinski definition) is 3. The summed E-state index contributed by atoms with van der Waals surface area (Å²) in [7, 11) is 0. The number of pyridine rings is 1. The number of aryl methyl sites for hydroxylation is 2. The summed E-state index contributed by atoms with van der Waals surface area (Å²) in [6.45, 7) is 19.2. The molecule has 0 aliphatic carbocycles. The van der Waals surface area contributed by atoms with Gasteiger partial charge in [-0.05, 0) is 94.1 Å². The van der Waals surface area contributed by atoms with Crippen LogP contribution in [0.4, 0.5) is 11.4 Å². The predicted molar refractivity (Wildman–Crippen MR) is 255 cm³/mol. The average Bonchev–Trinajstić information content (AvgIpc) is 3.79. The molecule has 4 amide bonds. The number of piperazine rings is 1. The van der Waals surface area contributed by atoms with Crippen molar-refractivity contribution in [3.05, 3.63) is 118 Å². The number of hydrogen-bond acceptors (Lipinski definition) is 13. The summed E-state index contributed by atoms with van der Waals surface area (Å²) in [4.78, 5) is 79.0. The molecule has 0 bridgehead atoms. The number of piperidine rings is 1. The third-order valence-electron chi connectivity index (χ3n) is 11.6. The molecular weight excluding hydrogens is 857 g/mol. The van der Waals surface area contributed by atoms with E-state index in [-0.39, 0.29) is 35.6 Å². The summed E-state index contributed by atoms with van der Waals surface area (Å²) in [5.41, 5.74) is 10.0. The fourth-order valence-electron chi connectivity index (χ4n) is 7.94. The average molecular weight is 919 g/mol. The highest BCUT2D eigenvalue weighted by Crippen LogP contribution is 2.29. The lowest BCUT2D eigenvalue weighted by Gasteiger charge is -2.36. The van der Waals surface area contributed by atoms with E-state index in [2.05, 4.69) is 38.7 Å². The molecule has 5 aromatic rings. The molecule has 18 heteroatoms. The van der Waals surface area contributed by atoms with Crippen LogP contribution in [0.1, 0.15) is 79.5 Å². The van der Waals surface area contributed by atoms with Crippen molar-refractivity contribution < 1.29 is 33.8 Å². The van der Waals surface area contributed by atoms with Gasteiger partial charge in [-0.1, -0.05) is 31.2 Å². The minimum absolute atomic E-state index is 0.117.